The van der Waals surface area contributed by atoms with E-state index in [1.165, 1.54) is 11.6 Å². The summed E-state index contributed by atoms with van der Waals surface area (Å²) in [6, 6.07) is 9.09. The summed E-state index contributed by atoms with van der Waals surface area (Å²) >= 11 is 6.84. The van der Waals surface area contributed by atoms with Gasteiger partial charge in [0.1, 0.15) is 11.6 Å². The predicted octanol–water partition coefficient (Wildman–Crippen LogP) is 4.58. The van der Waals surface area contributed by atoms with Gasteiger partial charge in [-0.25, -0.2) is 4.39 Å². The van der Waals surface area contributed by atoms with Gasteiger partial charge in [0.05, 0.1) is 6.61 Å². The molecule has 0 aromatic heterocycles. The highest BCUT2D eigenvalue weighted by molar-refractivity contribution is 9.10. The maximum atomic E-state index is 13.3. The molecule has 110 valence electrons. The van der Waals surface area contributed by atoms with Crippen molar-refractivity contribution in [1.82, 2.24) is 5.32 Å². The van der Waals surface area contributed by atoms with Crippen molar-refractivity contribution in [3.63, 3.8) is 0 Å². The molecule has 3 rings (SSSR count). The lowest BCUT2D eigenvalue weighted by Gasteiger charge is -2.11. The highest BCUT2D eigenvalue weighted by Crippen LogP contribution is 2.32. The summed E-state index contributed by atoms with van der Waals surface area (Å²) in [5.74, 6) is 0.763. The number of hydrogen-bond donors (Lipinski definition) is 1. The van der Waals surface area contributed by atoms with E-state index in [9.17, 15) is 4.39 Å². The van der Waals surface area contributed by atoms with Crippen molar-refractivity contribution < 1.29 is 9.13 Å². The van der Waals surface area contributed by atoms with Gasteiger partial charge >= 0.3 is 0 Å². The Morgan fingerprint density at radius 3 is 2.67 bits per heavy atom. The van der Waals surface area contributed by atoms with Crippen molar-refractivity contribution in [2.24, 2.45) is 0 Å². The van der Waals surface area contributed by atoms with Gasteiger partial charge in [-0.2, -0.15) is 0 Å². The van der Waals surface area contributed by atoms with E-state index in [2.05, 4.69) is 49.3 Å². The smallest absolute Gasteiger partial charge is 0.127 e. The van der Waals surface area contributed by atoms with Crippen LogP contribution in [-0.2, 0) is 19.5 Å². The first-order valence-electron chi connectivity index (χ1n) is 6.71. The van der Waals surface area contributed by atoms with Crippen LogP contribution >= 0.6 is 31.9 Å². The van der Waals surface area contributed by atoms with E-state index >= 15 is 0 Å². The van der Waals surface area contributed by atoms with E-state index in [-0.39, 0.29) is 5.82 Å². The second kappa shape index (κ2) is 6.46. The molecule has 5 heteroatoms. The summed E-state index contributed by atoms with van der Waals surface area (Å²) in [4.78, 5) is 0. The van der Waals surface area contributed by atoms with Crippen LogP contribution in [0.1, 0.15) is 16.7 Å². The molecule has 1 aliphatic rings. The Morgan fingerprint density at radius 2 is 1.86 bits per heavy atom. The molecule has 0 spiro atoms. The molecule has 0 saturated heterocycles. The van der Waals surface area contributed by atoms with Crippen molar-refractivity contribution in [1.29, 1.82) is 0 Å². The molecule has 0 bridgehead atoms. The zero-order valence-electron chi connectivity index (χ0n) is 11.3. The van der Waals surface area contributed by atoms with Gasteiger partial charge in [0.2, 0.25) is 0 Å². The molecule has 1 aliphatic heterocycles. The normalized spacial score (nSPS) is 13.1. The first kappa shape index (κ1) is 15.0. The molecule has 1 heterocycles. The van der Waals surface area contributed by atoms with E-state index in [4.69, 9.17) is 4.74 Å². The standard InChI is InChI=1S/C16H14Br2FNO/c17-13-3-10(4-15(19)7-13)8-20-9-12-6-14(18)5-11-1-2-21-16(11)12/h3-7,20H,1-2,8-9H2. The van der Waals surface area contributed by atoms with Crippen LogP contribution in [0.3, 0.4) is 0 Å². The fourth-order valence-electron chi connectivity index (χ4n) is 2.53. The molecule has 2 nitrogen and oxygen atoms in total. The molecule has 0 atom stereocenters. The zero-order valence-corrected chi connectivity index (χ0v) is 14.4. The molecule has 21 heavy (non-hydrogen) atoms. The average molecular weight is 415 g/mol. The quantitative estimate of drug-likeness (QED) is 0.790. The Labute approximate surface area is 140 Å². The Balaban J connectivity index is 1.68. The fraction of sp³-hybridized carbons (Fsp3) is 0.250. The highest BCUT2D eigenvalue weighted by atomic mass is 79.9. The molecule has 0 radical (unpaired) electrons. The molecular formula is C16H14Br2FNO. The number of nitrogens with one attached hydrogen (secondary N) is 1. The van der Waals surface area contributed by atoms with Crippen molar-refractivity contribution in [3.8, 4) is 5.75 Å². The number of fused-ring (bicyclic) bond motifs is 1. The van der Waals surface area contributed by atoms with Crippen molar-refractivity contribution in [2.45, 2.75) is 19.5 Å². The van der Waals surface area contributed by atoms with E-state index in [1.807, 2.05) is 6.07 Å². The van der Waals surface area contributed by atoms with Crippen LogP contribution < -0.4 is 10.1 Å². The number of halogens is 3. The summed E-state index contributed by atoms with van der Waals surface area (Å²) in [5, 5.41) is 3.34. The second-order valence-corrected chi connectivity index (χ2v) is 6.86. The first-order chi connectivity index (χ1) is 10.1. The number of hydrogen-bond acceptors (Lipinski definition) is 2. The molecule has 2 aromatic rings. The van der Waals surface area contributed by atoms with Gasteiger partial charge in [-0.05, 0) is 41.5 Å². The Hall–Kier alpha value is -0.910. The van der Waals surface area contributed by atoms with Crippen molar-refractivity contribution >= 4 is 31.9 Å². The van der Waals surface area contributed by atoms with E-state index in [1.54, 1.807) is 6.07 Å². The summed E-state index contributed by atoms with van der Waals surface area (Å²) in [6.07, 6.45) is 0.957. The number of ether oxygens (including phenoxy) is 1. The van der Waals surface area contributed by atoms with Gasteiger partial charge in [0.25, 0.3) is 0 Å². The van der Waals surface area contributed by atoms with Gasteiger partial charge in [-0.1, -0.05) is 31.9 Å². The second-order valence-electron chi connectivity index (χ2n) is 5.03. The molecule has 0 fully saturated rings. The molecule has 0 amide bonds. The monoisotopic (exact) mass is 413 g/mol. The Kier molecular flexibility index (Phi) is 4.62. The van der Waals surface area contributed by atoms with Crippen LogP contribution in [-0.4, -0.2) is 6.61 Å². The molecule has 1 N–H and O–H groups in total. The van der Waals surface area contributed by atoms with Gasteiger partial charge < -0.3 is 10.1 Å². The number of benzene rings is 2. The summed E-state index contributed by atoms with van der Waals surface area (Å²) < 4.78 is 20.8. The van der Waals surface area contributed by atoms with Crippen LogP contribution in [0.5, 0.6) is 5.75 Å². The van der Waals surface area contributed by atoms with Crippen LogP contribution in [0.4, 0.5) is 4.39 Å². The molecule has 0 saturated carbocycles. The molecule has 2 aromatic carbocycles. The maximum absolute atomic E-state index is 13.3. The van der Waals surface area contributed by atoms with E-state index in [0.29, 0.717) is 13.1 Å². The minimum absolute atomic E-state index is 0.229. The van der Waals surface area contributed by atoms with E-state index < -0.39 is 0 Å². The van der Waals surface area contributed by atoms with Crippen LogP contribution in [0.2, 0.25) is 0 Å². The Morgan fingerprint density at radius 1 is 1.05 bits per heavy atom. The number of rotatable bonds is 4. The largest absolute Gasteiger partial charge is 0.493 e. The topological polar surface area (TPSA) is 21.3 Å². The van der Waals surface area contributed by atoms with Gasteiger partial charge in [-0.15, -0.1) is 0 Å². The molecular weight excluding hydrogens is 401 g/mol. The van der Waals surface area contributed by atoms with Crippen molar-refractivity contribution in [2.75, 3.05) is 6.61 Å². The fourth-order valence-corrected chi connectivity index (χ4v) is 3.60. The third kappa shape index (κ3) is 3.65. The lowest BCUT2D eigenvalue weighted by Crippen LogP contribution is -2.13. The lowest BCUT2D eigenvalue weighted by atomic mass is 10.1. The highest BCUT2D eigenvalue weighted by Gasteiger charge is 2.17. The molecule has 0 aliphatic carbocycles. The van der Waals surface area contributed by atoms with Gasteiger partial charge in [-0.3, -0.25) is 0 Å². The summed E-state index contributed by atoms with van der Waals surface area (Å²) in [5.41, 5.74) is 3.29. The molecule has 0 unspecified atom stereocenters. The average Bonchev–Trinajstić information content (AvgIpc) is 2.85. The summed E-state index contributed by atoms with van der Waals surface area (Å²) in [7, 11) is 0. The first-order valence-corrected chi connectivity index (χ1v) is 8.30. The Bertz CT molecular complexity index is 655. The maximum Gasteiger partial charge on any atom is 0.127 e. The van der Waals surface area contributed by atoms with Crippen LogP contribution in [0, 0.1) is 5.82 Å². The minimum Gasteiger partial charge on any atom is -0.493 e. The zero-order chi connectivity index (χ0) is 14.8. The van der Waals surface area contributed by atoms with Gasteiger partial charge in [0.15, 0.2) is 0 Å². The predicted molar refractivity (Wildman–Crippen MR) is 88.0 cm³/mol. The van der Waals surface area contributed by atoms with Crippen molar-refractivity contribution in [3.05, 3.63) is 61.8 Å². The lowest BCUT2D eigenvalue weighted by molar-refractivity contribution is 0.352. The van der Waals surface area contributed by atoms with E-state index in [0.717, 1.165) is 38.8 Å². The third-order valence-electron chi connectivity index (χ3n) is 3.39. The van der Waals surface area contributed by atoms with Gasteiger partial charge in [0, 0.05) is 34.0 Å². The minimum atomic E-state index is -0.229. The SMILES string of the molecule is Fc1cc(Br)cc(CNCc2cc(Br)cc3c2OCC3)c1. The summed E-state index contributed by atoms with van der Waals surface area (Å²) in [6.45, 7) is 2.04. The third-order valence-corrected chi connectivity index (χ3v) is 4.31. The van der Waals surface area contributed by atoms with Crippen LogP contribution in [0.25, 0.3) is 0 Å². The van der Waals surface area contributed by atoms with Crippen LogP contribution in [0.15, 0.2) is 39.3 Å².